The Kier molecular flexibility index (Phi) is 3.90. The van der Waals surface area contributed by atoms with Crippen molar-refractivity contribution >= 4 is 17.9 Å². The molecule has 2 rings (SSSR count). The van der Waals surface area contributed by atoms with Gasteiger partial charge in [0.1, 0.15) is 12.3 Å². The first-order chi connectivity index (χ1) is 8.29. The van der Waals surface area contributed by atoms with Gasteiger partial charge in [0.05, 0.1) is 6.61 Å². The molecule has 0 fully saturated rings. The molecule has 1 aromatic carbocycles. The molecule has 0 unspecified atom stereocenters. The zero-order valence-corrected chi connectivity index (χ0v) is 9.68. The van der Waals surface area contributed by atoms with Gasteiger partial charge in [0.2, 0.25) is 0 Å². The molecule has 0 spiro atoms. The maximum absolute atomic E-state index is 10.4. The van der Waals surface area contributed by atoms with Crippen molar-refractivity contribution in [2.24, 2.45) is 0 Å². The molecule has 0 aliphatic heterocycles. The Bertz CT molecular complexity index is 510. The van der Waals surface area contributed by atoms with Crippen LogP contribution in [0.1, 0.15) is 21.8 Å². The first kappa shape index (κ1) is 11.8. The highest BCUT2D eigenvalue weighted by Gasteiger charge is 2.04. The van der Waals surface area contributed by atoms with E-state index in [1.807, 2.05) is 18.2 Å². The summed E-state index contributed by atoms with van der Waals surface area (Å²) in [4.78, 5) is 10.4. The second-order valence-electron chi connectivity index (χ2n) is 3.42. The molecular formula is C12H10ClNO3. The van der Waals surface area contributed by atoms with Crippen LogP contribution < -0.4 is 0 Å². The molecule has 0 radical (unpaired) electrons. The average Bonchev–Trinajstić information content (AvgIpc) is 2.80. The summed E-state index contributed by atoms with van der Waals surface area (Å²) < 4.78 is 10.3. The third kappa shape index (κ3) is 3.15. The molecule has 0 amide bonds. The Hall–Kier alpha value is -1.65. The van der Waals surface area contributed by atoms with Crippen LogP contribution in [0.4, 0.5) is 0 Å². The third-order valence-electron chi connectivity index (χ3n) is 2.16. The summed E-state index contributed by atoms with van der Waals surface area (Å²) in [6.07, 6.45) is 0.626. The average molecular weight is 252 g/mol. The van der Waals surface area contributed by atoms with E-state index < -0.39 is 0 Å². The molecule has 0 aliphatic rings. The molecule has 0 bridgehead atoms. The summed E-state index contributed by atoms with van der Waals surface area (Å²) >= 11 is 5.97. The lowest BCUT2D eigenvalue weighted by atomic mass is 10.2. The van der Waals surface area contributed by atoms with Crippen LogP contribution in [0.25, 0.3) is 0 Å². The predicted molar refractivity (Wildman–Crippen MR) is 61.8 cm³/mol. The molecule has 1 heterocycles. The van der Waals surface area contributed by atoms with Gasteiger partial charge in [-0.15, -0.1) is 0 Å². The number of aldehydes is 1. The third-order valence-corrected chi connectivity index (χ3v) is 2.53. The standard InChI is InChI=1S/C12H10ClNO3/c13-12-4-2-1-3-9(12)7-16-8-11-5-10(6-15)14-17-11/h1-6H,7-8H2. The number of carbonyl (C=O) groups excluding carboxylic acids is 1. The molecule has 0 N–H and O–H groups in total. The molecule has 2 aromatic rings. The van der Waals surface area contributed by atoms with Gasteiger partial charge in [-0.3, -0.25) is 4.79 Å². The molecule has 0 saturated heterocycles. The predicted octanol–water partition coefficient (Wildman–Crippen LogP) is 2.86. The van der Waals surface area contributed by atoms with Gasteiger partial charge in [0.25, 0.3) is 0 Å². The van der Waals surface area contributed by atoms with E-state index >= 15 is 0 Å². The van der Waals surface area contributed by atoms with Gasteiger partial charge in [0, 0.05) is 11.1 Å². The maximum Gasteiger partial charge on any atom is 0.171 e. The topological polar surface area (TPSA) is 52.3 Å². The number of ether oxygens (including phenoxy) is 1. The van der Waals surface area contributed by atoms with E-state index in [9.17, 15) is 4.79 Å². The fraction of sp³-hybridized carbons (Fsp3) is 0.167. The summed E-state index contributed by atoms with van der Waals surface area (Å²) in [6.45, 7) is 0.642. The lowest BCUT2D eigenvalue weighted by Crippen LogP contribution is -1.93. The highest BCUT2D eigenvalue weighted by molar-refractivity contribution is 6.31. The van der Waals surface area contributed by atoms with Crippen molar-refractivity contribution in [3.05, 3.63) is 52.4 Å². The minimum atomic E-state index is 0.256. The van der Waals surface area contributed by atoms with E-state index in [2.05, 4.69) is 5.16 Å². The van der Waals surface area contributed by atoms with E-state index in [0.717, 1.165) is 5.56 Å². The zero-order chi connectivity index (χ0) is 12.1. The summed E-state index contributed by atoms with van der Waals surface area (Å²) in [6, 6.07) is 8.99. The molecule has 0 saturated carbocycles. The van der Waals surface area contributed by atoms with Crippen LogP contribution in [0.15, 0.2) is 34.9 Å². The Labute approximate surface area is 103 Å². The number of rotatable bonds is 5. The number of halogens is 1. The van der Waals surface area contributed by atoms with Gasteiger partial charge in [-0.25, -0.2) is 0 Å². The summed E-state index contributed by atoms with van der Waals surface area (Å²) in [5, 5.41) is 4.19. The second kappa shape index (κ2) is 5.61. The van der Waals surface area contributed by atoms with Gasteiger partial charge in [-0.2, -0.15) is 0 Å². The molecule has 88 valence electrons. The van der Waals surface area contributed by atoms with E-state index in [1.54, 1.807) is 12.1 Å². The van der Waals surface area contributed by atoms with E-state index in [1.165, 1.54) is 0 Å². The summed E-state index contributed by atoms with van der Waals surface area (Å²) in [7, 11) is 0. The monoisotopic (exact) mass is 251 g/mol. The number of benzene rings is 1. The maximum atomic E-state index is 10.4. The van der Waals surface area contributed by atoms with Gasteiger partial charge in [-0.05, 0) is 11.6 Å². The number of aromatic nitrogens is 1. The van der Waals surface area contributed by atoms with E-state index in [4.69, 9.17) is 20.9 Å². The first-order valence-electron chi connectivity index (χ1n) is 5.01. The smallest absolute Gasteiger partial charge is 0.171 e. The molecule has 0 atom stereocenters. The second-order valence-corrected chi connectivity index (χ2v) is 3.83. The molecule has 1 aromatic heterocycles. The van der Waals surface area contributed by atoms with Gasteiger partial charge >= 0.3 is 0 Å². The van der Waals surface area contributed by atoms with Gasteiger partial charge < -0.3 is 9.26 Å². The number of carbonyl (C=O) groups is 1. The van der Waals surface area contributed by atoms with Crippen molar-refractivity contribution in [1.29, 1.82) is 0 Å². The Morgan fingerprint density at radius 1 is 1.35 bits per heavy atom. The first-order valence-corrected chi connectivity index (χ1v) is 5.39. The van der Waals surface area contributed by atoms with Crippen molar-refractivity contribution in [3.63, 3.8) is 0 Å². The Balaban J connectivity index is 1.87. The van der Waals surface area contributed by atoms with Crippen molar-refractivity contribution in [2.75, 3.05) is 0 Å². The Morgan fingerprint density at radius 3 is 2.88 bits per heavy atom. The van der Waals surface area contributed by atoms with Gasteiger partial charge in [0.15, 0.2) is 12.0 Å². The molecule has 0 aliphatic carbocycles. The minimum Gasteiger partial charge on any atom is -0.369 e. The minimum absolute atomic E-state index is 0.256. The van der Waals surface area contributed by atoms with Crippen LogP contribution in [0, 0.1) is 0 Å². The zero-order valence-electron chi connectivity index (χ0n) is 8.93. The van der Waals surface area contributed by atoms with Crippen LogP contribution in [-0.4, -0.2) is 11.4 Å². The van der Waals surface area contributed by atoms with Crippen LogP contribution in [0.3, 0.4) is 0 Å². The Morgan fingerprint density at radius 2 is 2.18 bits per heavy atom. The fourth-order valence-electron chi connectivity index (χ4n) is 1.33. The van der Waals surface area contributed by atoms with E-state index in [-0.39, 0.29) is 12.3 Å². The number of hydrogen-bond acceptors (Lipinski definition) is 4. The van der Waals surface area contributed by atoms with Crippen LogP contribution in [0.5, 0.6) is 0 Å². The van der Waals surface area contributed by atoms with Crippen LogP contribution in [-0.2, 0) is 18.0 Å². The quantitative estimate of drug-likeness (QED) is 0.767. The van der Waals surface area contributed by atoms with Gasteiger partial charge in [-0.1, -0.05) is 35.0 Å². The van der Waals surface area contributed by atoms with Crippen molar-refractivity contribution in [2.45, 2.75) is 13.2 Å². The van der Waals surface area contributed by atoms with E-state index in [0.29, 0.717) is 23.7 Å². The largest absolute Gasteiger partial charge is 0.369 e. The highest BCUT2D eigenvalue weighted by atomic mass is 35.5. The molecule has 17 heavy (non-hydrogen) atoms. The van der Waals surface area contributed by atoms with Crippen LogP contribution >= 0.6 is 11.6 Å². The normalized spacial score (nSPS) is 10.4. The lowest BCUT2D eigenvalue weighted by Gasteiger charge is -2.03. The summed E-state index contributed by atoms with van der Waals surface area (Å²) in [5.74, 6) is 0.513. The summed E-state index contributed by atoms with van der Waals surface area (Å²) in [5.41, 5.74) is 1.17. The molecule has 5 heteroatoms. The molecular weight excluding hydrogens is 242 g/mol. The number of nitrogens with zero attached hydrogens (tertiary/aromatic N) is 1. The fourth-order valence-corrected chi connectivity index (χ4v) is 1.52. The lowest BCUT2D eigenvalue weighted by molar-refractivity contribution is 0.0883. The number of hydrogen-bond donors (Lipinski definition) is 0. The van der Waals surface area contributed by atoms with Crippen LogP contribution in [0.2, 0.25) is 5.02 Å². The SMILES string of the molecule is O=Cc1cc(COCc2ccccc2Cl)on1. The van der Waals surface area contributed by atoms with Crippen molar-refractivity contribution in [1.82, 2.24) is 5.16 Å². The van der Waals surface area contributed by atoms with Crippen molar-refractivity contribution < 1.29 is 14.1 Å². The van der Waals surface area contributed by atoms with Crippen molar-refractivity contribution in [3.8, 4) is 0 Å². The molecule has 4 nitrogen and oxygen atoms in total. The highest BCUT2D eigenvalue weighted by Crippen LogP contribution is 2.16.